The fourth-order valence-corrected chi connectivity index (χ4v) is 6.02. The molecule has 0 spiro atoms. The predicted octanol–water partition coefficient (Wildman–Crippen LogP) is 2.84. The van der Waals surface area contributed by atoms with Crippen LogP contribution in [0.1, 0.15) is 28.8 Å². The first-order chi connectivity index (χ1) is 12.9. The topological polar surface area (TPSA) is 75.7 Å². The zero-order chi connectivity index (χ0) is 19.4. The number of aryl methyl sites for hydroxylation is 2. The maximum absolute atomic E-state index is 12.5. The van der Waals surface area contributed by atoms with E-state index in [0.717, 1.165) is 34.6 Å². The Balaban J connectivity index is 1.53. The summed E-state index contributed by atoms with van der Waals surface area (Å²) < 4.78 is 32.6. The molecule has 1 N–H and O–H groups in total. The van der Waals surface area contributed by atoms with Crippen LogP contribution in [-0.2, 0) is 21.4 Å². The van der Waals surface area contributed by atoms with Gasteiger partial charge in [-0.25, -0.2) is 8.42 Å². The molecule has 146 valence electrons. The van der Waals surface area contributed by atoms with E-state index in [4.69, 9.17) is 4.74 Å². The second-order valence-corrected chi connectivity index (χ2v) is 9.95. The average molecular weight is 409 g/mol. The molecule has 27 heavy (non-hydrogen) atoms. The highest BCUT2D eigenvalue weighted by Gasteiger charge is 2.28. The van der Waals surface area contributed by atoms with Gasteiger partial charge in [0.05, 0.1) is 6.54 Å². The van der Waals surface area contributed by atoms with Crippen LogP contribution in [0, 0.1) is 13.8 Å². The molecule has 1 aromatic heterocycles. The van der Waals surface area contributed by atoms with Crippen molar-refractivity contribution < 1.29 is 17.9 Å². The van der Waals surface area contributed by atoms with Crippen LogP contribution in [0.5, 0.6) is 5.75 Å². The average Bonchev–Trinajstić information content (AvgIpc) is 3.32. The van der Waals surface area contributed by atoms with E-state index in [1.54, 1.807) is 12.1 Å². The van der Waals surface area contributed by atoms with Crippen LogP contribution in [0.4, 0.5) is 0 Å². The molecule has 0 bridgehead atoms. The lowest BCUT2D eigenvalue weighted by Gasteiger charge is -2.13. The highest BCUT2D eigenvalue weighted by molar-refractivity contribution is 7.91. The Kier molecular flexibility index (Phi) is 6.18. The van der Waals surface area contributed by atoms with Gasteiger partial charge >= 0.3 is 0 Å². The summed E-state index contributed by atoms with van der Waals surface area (Å²) in [4.78, 5) is 12.9. The van der Waals surface area contributed by atoms with E-state index in [9.17, 15) is 13.2 Å². The highest BCUT2D eigenvalue weighted by atomic mass is 32.2. The number of nitrogens with one attached hydrogen (secondary N) is 1. The molecule has 0 radical (unpaired) electrons. The number of carbonyl (C=O) groups excluding carboxylic acids is 1. The zero-order valence-electron chi connectivity index (χ0n) is 15.5. The number of benzene rings is 1. The van der Waals surface area contributed by atoms with E-state index in [1.807, 2.05) is 32.0 Å². The lowest BCUT2D eigenvalue weighted by molar-refractivity contribution is -0.123. The van der Waals surface area contributed by atoms with Crippen molar-refractivity contribution in [2.45, 2.75) is 37.4 Å². The van der Waals surface area contributed by atoms with Crippen molar-refractivity contribution in [3.63, 3.8) is 0 Å². The smallest absolute Gasteiger partial charge is 0.258 e. The number of rotatable bonds is 7. The summed E-state index contributed by atoms with van der Waals surface area (Å²) in [5, 5.41) is 2.78. The minimum atomic E-state index is -3.40. The molecule has 1 aromatic carbocycles. The number of sulfonamides is 1. The van der Waals surface area contributed by atoms with Crippen LogP contribution in [-0.4, -0.2) is 38.3 Å². The van der Waals surface area contributed by atoms with Crippen LogP contribution in [0.25, 0.3) is 0 Å². The monoisotopic (exact) mass is 408 g/mol. The van der Waals surface area contributed by atoms with Crippen LogP contribution in [0.2, 0.25) is 0 Å². The number of hydrogen-bond acceptors (Lipinski definition) is 5. The van der Waals surface area contributed by atoms with E-state index in [2.05, 4.69) is 5.32 Å². The van der Waals surface area contributed by atoms with Gasteiger partial charge in [-0.3, -0.25) is 4.79 Å². The molecule has 2 aromatic rings. The van der Waals surface area contributed by atoms with Gasteiger partial charge in [-0.05, 0) is 49.9 Å². The summed E-state index contributed by atoms with van der Waals surface area (Å²) in [7, 11) is -3.40. The quantitative estimate of drug-likeness (QED) is 0.764. The third-order valence-electron chi connectivity index (χ3n) is 4.51. The fraction of sp³-hybridized carbons (Fsp3) is 0.421. The highest BCUT2D eigenvalue weighted by Crippen LogP contribution is 2.27. The number of ether oxygens (including phenoxy) is 1. The molecule has 1 aliphatic heterocycles. The van der Waals surface area contributed by atoms with Gasteiger partial charge in [0.1, 0.15) is 9.96 Å². The van der Waals surface area contributed by atoms with Gasteiger partial charge in [0, 0.05) is 18.0 Å². The Morgan fingerprint density at radius 2 is 1.81 bits per heavy atom. The van der Waals surface area contributed by atoms with Gasteiger partial charge in [0.2, 0.25) is 0 Å². The minimum Gasteiger partial charge on any atom is -0.483 e. The van der Waals surface area contributed by atoms with E-state index in [-0.39, 0.29) is 19.1 Å². The van der Waals surface area contributed by atoms with Crippen LogP contribution in [0.3, 0.4) is 0 Å². The first kappa shape index (κ1) is 19.9. The van der Waals surface area contributed by atoms with Crippen molar-refractivity contribution >= 4 is 27.3 Å². The predicted molar refractivity (Wildman–Crippen MR) is 106 cm³/mol. The van der Waals surface area contributed by atoms with Crippen molar-refractivity contribution in [3.8, 4) is 5.75 Å². The number of nitrogens with zero attached hydrogens (tertiary/aromatic N) is 1. The van der Waals surface area contributed by atoms with E-state index in [0.29, 0.717) is 17.3 Å². The Hall–Kier alpha value is -1.90. The Morgan fingerprint density at radius 3 is 2.48 bits per heavy atom. The largest absolute Gasteiger partial charge is 0.483 e. The number of hydrogen-bond donors (Lipinski definition) is 1. The van der Waals surface area contributed by atoms with Crippen LogP contribution in [0.15, 0.2) is 34.5 Å². The standard InChI is InChI=1S/C19H24N2O4S2/c1-14-6-5-7-15(2)19(14)25-13-17(22)20-12-16-8-9-18(26-16)27(23,24)21-10-3-4-11-21/h5-9H,3-4,10-13H2,1-2H3,(H,20,22). The van der Waals surface area contributed by atoms with E-state index >= 15 is 0 Å². The summed E-state index contributed by atoms with van der Waals surface area (Å²) in [6.07, 6.45) is 1.82. The first-order valence-corrected chi connectivity index (χ1v) is 11.2. The second kappa shape index (κ2) is 8.41. The van der Waals surface area contributed by atoms with Crippen LogP contribution < -0.4 is 10.1 Å². The molecule has 0 unspecified atom stereocenters. The van der Waals surface area contributed by atoms with Crippen molar-refractivity contribution in [1.29, 1.82) is 0 Å². The number of thiophene rings is 1. The molecule has 0 atom stereocenters. The molecular formula is C19H24N2O4S2. The maximum Gasteiger partial charge on any atom is 0.258 e. The molecule has 1 fully saturated rings. The maximum atomic E-state index is 12.5. The number of carbonyl (C=O) groups is 1. The van der Waals surface area contributed by atoms with Crippen molar-refractivity contribution in [2.24, 2.45) is 0 Å². The molecule has 1 saturated heterocycles. The van der Waals surface area contributed by atoms with Crippen molar-refractivity contribution in [3.05, 3.63) is 46.3 Å². The van der Waals surface area contributed by atoms with Gasteiger partial charge in [-0.2, -0.15) is 4.31 Å². The minimum absolute atomic E-state index is 0.0734. The van der Waals surface area contributed by atoms with Gasteiger partial charge < -0.3 is 10.1 Å². The summed E-state index contributed by atoms with van der Waals surface area (Å²) in [5.41, 5.74) is 1.97. The molecule has 1 aliphatic rings. The summed E-state index contributed by atoms with van der Waals surface area (Å²) in [5.74, 6) is 0.484. The van der Waals surface area contributed by atoms with E-state index < -0.39 is 10.0 Å². The summed E-state index contributed by atoms with van der Waals surface area (Å²) >= 11 is 1.20. The SMILES string of the molecule is Cc1cccc(C)c1OCC(=O)NCc1ccc(S(=O)(=O)N2CCCC2)s1. The molecular weight excluding hydrogens is 384 g/mol. The zero-order valence-corrected chi connectivity index (χ0v) is 17.2. The van der Waals surface area contributed by atoms with Gasteiger partial charge in [-0.1, -0.05) is 18.2 Å². The normalized spacial score (nSPS) is 15.0. The Morgan fingerprint density at radius 1 is 1.15 bits per heavy atom. The molecule has 0 saturated carbocycles. The molecule has 1 amide bonds. The van der Waals surface area contributed by atoms with Crippen molar-refractivity contribution in [2.75, 3.05) is 19.7 Å². The second-order valence-electron chi connectivity index (χ2n) is 6.62. The van der Waals surface area contributed by atoms with Gasteiger partial charge in [-0.15, -0.1) is 11.3 Å². The summed E-state index contributed by atoms with van der Waals surface area (Å²) in [6, 6.07) is 9.19. The molecule has 8 heteroatoms. The number of amides is 1. The summed E-state index contributed by atoms with van der Waals surface area (Å²) in [6.45, 7) is 5.26. The lowest BCUT2D eigenvalue weighted by atomic mass is 10.1. The third-order valence-corrected chi connectivity index (χ3v) is 7.96. The third kappa shape index (κ3) is 4.69. The molecule has 3 rings (SSSR count). The number of para-hydroxylation sites is 1. The molecule has 2 heterocycles. The van der Waals surface area contributed by atoms with Gasteiger partial charge in [0.15, 0.2) is 6.61 Å². The fourth-order valence-electron chi connectivity index (χ4n) is 3.05. The first-order valence-electron chi connectivity index (χ1n) is 8.92. The molecule has 6 nitrogen and oxygen atoms in total. The Labute approximate surface area is 164 Å². The van der Waals surface area contributed by atoms with Crippen molar-refractivity contribution in [1.82, 2.24) is 9.62 Å². The van der Waals surface area contributed by atoms with Gasteiger partial charge in [0.25, 0.3) is 15.9 Å². The molecule has 0 aliphatic carbocycles. The lowest BCUT2D eigenvalue weighted by Crippen LogP contribution is -2.28. The van der Waals surface area contributed by atoms with Crippen LogP contribution >= 0.6 is 11.3 Å². The Bertz CT molecular complexity index is 895. The van der Waals surface area contributed by atoms with E-state index in [1.165, 1.54) is 15.6 Å².